The number of hydrogen-bond donors (Lipinski definition) is 3. The molecule has 0 spiro atoms. The summed E-state index contributed by atoms with van der Waals surface area (Å²) in [6, 6.07) is 8.96. The molecule has 0 aliphatic rings. The molecule has 2 aromatic rings. The third-order valence-corrected chi connectivity index (χ3v) is 3.53. The van der Waals surface area contributed by atoms with Crippen LogP contribution in [0.15, 0.2) is 53.4 Å². The normalized spacial score (nSPS) is 12.2. The average Bonchev–Trinajstić information content (AvgIpc) is 2.59. The number of ketones is 1. The van der Waals surface area contributed by atoms with Gasteiger partial charge in [-0.3, -0.25) is 9.79 Å². The summed E-state index contributed by atoms with van der Waals surface area (Å²) in [6.07, 6.45) is 2.93. The highest BCUT2D eigenvalue weighted by Gasteiger charge is 2.11. The van der Waals surface area contributed by atoms with Crippen molar-refractivity contribution in [2.75, 3.05) is 12.3 Å². The lowest BCUT2D eigenvalue weighted by Gasteiger charge is -2.11. The van der Waals surface area contributed by atoms with Gasteiger partial charge in [0.2, 0.25) is 0 Å². The van der Waals surface area contributed by atoms with Crippen LogP contribution in [-0.4, -0.2) is 23.1 Å². The Kier molecular flexibility index (Phi) is 5.97. The number of anilines is 1. The number of pyridine rings is 1. The topological polar surface area (TPSA) is 106 Å². The van der Waals surface area contributed by atoms with E-state index in [1.54, 1.807) is 30.5 Å². The second-order valence-electron chi connectivity index (χ2n) is 5.42. The third kappa shape index (κ3) is 4.71. The van der Waals surface area contributed by atoms with E-state index in [0.29, 0.717) is 17.0 Å². The van der Waals surface area contributed by atoms with Gasteiger partial charge in [-0.05, 0) is 37.6 Å². The van der Waals surface area contributed by atoms with Gasteiger partial charge in [-0.1, -0.05) is 18.2 Å². The molecule has 1 aromatic carbocycles. The van der Waals surface area contributed by atoms with E-state index in [0.717, 1.165) is 11.1 Å². The van der Waals surface area contributed by atoms with Crippen LogP contribution in [-0.2, 0) is 0 Å². The fourth-order valence-corrected chi connectivity index (χ4v) is 2.21. The van der Waals surface area contributed by atoms with Crippen molar-refractivity contribution in [3.8, 4) is 11.1 Å². The van der Waals surface area contributed by atoms with E-state index in [-0.39, 0.29) is 24.0 Å². The zero-order valence-corrected chi connectivity index (χ0v) is 14.1. The third-order valence-electron chi connectivity index (χ3n) is 3.53. The van der Waals surface area contributed by atoms with Crippen molar-refractivity contribution in [2.24, 2.45) is 10.8 Å². The Morgan fingerprint density at radius 3 is 2.72 bits per heavy atom. The lowest BCUT2D eigenvalue weighted by Crippen LogP contribution is -2.32. The molecule has 0 radical (unpaired) electrons. The van der Waals surface area contributed by atoms with Crippen LogP contribution in [0.3, 0.4) is 0 Å². The number of Topliss-reactive ketones (excluding diaryl/α,β-unsaturated/α-hetero) is 1. The van der Waals surface area contributed by atoms with Gasteiger partial charge in [-0.25, -0.2) is 15.2 Å². The molecule has 130 valence electrons. The molecule has 0 saturated carbocycles. The van der Waals surface area contributed by atoms with Crippen molar-refractivity contribution >= 4 is 17.4 Å². The number of nitrogen functional groups attached to an aromatic ring is 1. The van der Waals surface area contributed by atoms with Crippen LogP contribution >= 0.6 is 0 Å². The second-order valence-corrected chi connectivity index (χ2v) is 5.42. The van der Waals surface area contributed by atoms with Crippen molar-refractivity contribution in [2.45, 2.75) is 13.8 Å². The monoisotopic (exact) mass is 341 g/mol. The smallest absolute Gasteiger partial charge is 0.159 e. The molecule has 0 atom stereocenters. The van der Waals surface area contributed by atoms with E-state index in [1.165, 1.54) is 19.9 Å². The Morgan fingerprint density at radius 1 is 1.32 bits per heavy atom. The molecule has 1 heterocycles. The molecular formula is C18H20FN5O. The van der Waals surface area contributed by atoms with Gasteiger partial charge in [0, 0.05) is 17.3 Å². The first kappa shape index (κ1) is 18.3. The maximum atomic E-state index is 12.8. The molecule has 0 unspecified atom stereocenters. The molecule has 0 saturated heterocycles. The van der Waals surface area contributed by atoms with Crippen molar-refractivity contribution in [1.29, 1.82) is 0 Å². The summed E-state index contributed by atoms with van der Waals surface area (Å²) in [5, 5.41) is 0. The molecule has 0 bridgehead atoms. The summed E-state index contributed by atoms with van der Waals surface area (Å²) in [6.45, 7) is 2.96. The molecule has 0 amide bonds. The lowest BCUT2D eigenvalue weighted by molar-refractivity contribution is 0.101. The second kappa shape index (κ2) is 8.16. The largest absolute Gasteiger partial charge is 0.383 e. The number of allylic oxidation sites excluding steroid dienone is 1. The molecule has 1 aromatic heterocycles. The number of hydrazine groups is 1. The van der Waals surface area contributed by atoms with Crippen molar-refractivity contribution in [3.05, 3.63) is 59.6 Å². The molecule has 2 rings (SSSR count). The van der Waals surface area contributed by atoms with Crippen LogP contribution in [0, 0.1) is 0 Å². The van der Waals surface area contributed by atoms with Gasteiger partial charge < -0.3 is 11.2 Å². The van der Waals surface area contributed by atoms with Crippen LogP contribution < -0.4 is 17.0 Å². The van der Waals surface area contributed by atoms with E-state index in [4.69, 9.17) is 11.6 Å². The Balaban J connectivity index is 2.44. The quantitative estimate of drug-likeness (QED) is 0.255. The van der Waals surface area contributed by atoms with Gasteiger partial charge in [-0.15, -0.1) is 0 Å². The maximum Gasteiger partial charge on any atom is 0.159 e. The Morgan fingerprint density at radius 2 is 2.08 bits per heavy atom. The van der Waals surface area contributed by atoms with E-state index >= 15 is 0 Å². The number of carbonyl (C=O) groups excluding carboxylic acids is 1. The first-order valence-electron chi connectivity index (χ1n) is 7.63. The summed E-state index contributed by atoms with van der Waals surface area (Å²) in [4.78, 5) is 19.9. The van der Waals surface area contributed by atoms with Crippen molar-refractivity contribution in [3.63, 3.8) is 0 Å². The van der Waals surface area contributed by atoms with E-state index in [1.807, 2.05) is 6.07 Å². The Labute approximate surface area is 145 Å². The number of rotatable bonds is 5. The Bertz CT molecular complexity index is 841. The zero-order chi connectivity index (χ0) is 18.4. The van der Waals surface area contributed by atoms with Gasteiger partial charge in [0.05, 0.1) is 17.9 Å². The maximum absolute atomic E-state index is 12.8. The molecular weight excluding hydrogens is 321 g/mol. The Hall–Kier alpha value is -3.06. The number of halogens is 1. The van der Waals surface area contributed by atoms with Gasteiger partial charge in [0.15, 0.2) is 5.78 Å². The summed E-state index contributed by atoms with van der Waals surface area (Å²) in [7, 11) is 0. The number of aromatic nitrogens is 1. The number of benzene rings is 1. The first-order chi connectivity index (χ1) is 11.9. The number of carbonyl (C=O) groups is 1. The van der Waals surface area contributed by atoms with Crippen LogP contribution in [0.25, 0.3) is 11.1 Å². The number of nitrogens with two attached hydrogens (primary N) is 2. The molecule has 6 nitrogen and oxygen atoms in total. The van der Waals surface area contributed by atoms with Crippen molar-refractivity contribution < 1.29 is 9.18 Å². The minimum Gasteiger partial charge on any atom is -0.383 e. The number of amidine groups is 1. The van der Waals surface area contributed by atoms with Gasteiger partial charge in [-0.2, -0.15) is 0 Å². The molecule has 5 N–H and O–H groups in total. The van der Waals surface area contributed by atoms with E-state index in [2.05, 4.69) is 15.4 Å². The molecule has 0 aliphatic carbocycles. The minimum absolute atomic E-state index is 0.0234. The fraction of sp³-hybridized carbons (Fsp3) is 0.167. The summed E-state index contributed by atoms with van der Waals surface area (Å²) < 4.78 is 12.8. The van der Waals surface area contributed by atoms with E-state index in [9.17, 15) is 9.18 Å². The van der Waals surface area contributed by atoms with Crippen LogP contribution in [0.5, 0.6) is 0 Å². The highest BCUT2D eigenvalue weighted by molar-refractivity contribution is 6.03. The molecule has 25 heavy (non-hydrogen) atoms. The highest BCUT2D eigenvalue weighted by atomic mass is 19.1. The number of nitrogens with zero attached hydrogens (tertiary/aromatic N) is 2. The number of aliphatic imine (C=N–C) groups is 1. The lowest BCUT2D eigenvalue weighted by atomic mass is 10.0. The minimum atomic E-state index is -0.332. The highest BCUT2D eigenvalue weighted by Crippen LogP contribution is 2.23. The number of hydrogen-bond acceptors (Lipinski definition) is 5. The van der Waals surface area contributed by atoms with Gasteiger partial charge >= 0.3 is 0 Å². The van der Waals surface area contributed by atoms with Crippen molar-refractivity contribution in [1.82, 2.24) is 10.4 Å². The standard InChI is InChI=1S/C18H20FN5O/c1-11(19)6-7-22-18(24-21)16-9-15(10-23-17(16)20)14-5-3-4-13(8-14)12(2)25/h3-6,8-10H,7,21H2,1-2H3,(H2,20,23)(H,22,24)/b11-6+. The summed E-state index contributed by atoms with van der Waals surface area (Å²) >= 11 is 0. The fourth-order valence-electron chi connectivity index (χ4n) is 2.21. The SMILES string of the molecule is CC(=O)c1cccc(-c2cnc(N)c(C(=NC/C=C(\C)F)NN)c2)c1. The average molecular weight is 341 g/mol. The molecule has 7 heteroatoms. The van der Waals surface area contributed by atoms with Crippen LogP contribution in [0.2, 0.25) is 0 Å². The van der Waals surface area contributed by atoms with Gasteiger partial charge in [0.25, 0.3) is 0 Å². The molecule has 0 aliphatic heterocycles. The van der Waals surface area contributed by atoms with Gasteiger partial charge in [0.1, 0.15) is 11.7 Å². The first-order valence-corrected chi connectivity index (χ1v) is 7.63. The predicted octanol–water partition coefficient (Wildman–Crippen LogP) is 2.62. The number of nitrogens with one attached hydrogen (secondary N) is 1. The predicted molar refractivity (Wildman–Crippen MR) is 97.7 cm³/mol. The van der Waals surface area contributed by atoms with Crippen LogP contribution in [0.1, 0.15) is 29.8 Å². The van der Waals surface area contributed by atoms with Crippen LogP contribution in [0.4, 0.5) is 10.2 Å². The van der Waals surface area contributed by atoms with E-state index < -0.39 is 0 Å². The summed E-state index contributed by atoms with van der Waals surface area (Å²) in [5.74, 6) is 5.70. The summed E-state index contributed by atoms with van der Waals surface area (Å²) in [5.41, 5.74) is 11.1. The zero-order valence-electron chi connectivity index (χ0n) is 14.1. The molecule has 0 fully saturated rings.